The summed E-state index contributed by atoms with van der Waals surface area (Å²) in [6, 6.07) is -0.154. The van der Waals surface area contributed by atoms with Gasteiger partial charge >= 0.3 is 6.18 Å². The maximum absolute atomic E-state index is 12.3. The molecule has 0 radical (unpaired) electrons. The van der Waals surface area contributed by atoms with Crippen LogP contribution in [0.5, 0.6) is 0 Å². The van der Waals surface area contributed by atoms with Crippen LogP contribution in [0.1, 0.15) is 58.3 Å². The Bertz CT molecular complexity index is 353. The summed E-state index contributed by atoms with van der Waals surface area (Å²) in [4.78, 5) is 14.1. The number of halogens is 3. The summed E-state index contributed by atoms with van der Waals surface area (Å²) in [7, 11) is 0. The van der Waals surface area contributed by atoms with E-state index in [9.17, 15) is 18.0 Å². The summed E-state index contributed by atoms with van der Waals surface area (Å²) >= 11 is 0. The monoisotopic (exact) mass is 306 g/mol. The number of unbranched alkanes of at least 4 members (excludes halogenated alkanes) is 1. The first-order valence-electron chi connectivity index (χ1n) is 8.05. The maximum Gasteiger partial charge on any atom is 0.389 e. The second-order valence-electron chi connectivity index (χ2n) is 6.22. The van der Waals surface area contributed by atoms with Crippen molar-refractivity contribution in [3.63, 3.8) is 0 Å². The smallest absolute Gasteiger partial charge is 0.326 e. The number of hydrogen-bond acceptors (Lipinski definition) is 2. The van der Waals surface area contributed by atoms with Crippen molar-refractivity contribution in [1.29, 1.82) is 0 Å². The molecule has 0 bridgehead atoms. The van der Waals surface area contributed by atoms with Crippen LogP contribution in [0, 0.1) is 5.92 Å². The first-order valence-corrected chi connectivity index (χ1v) is 8.05. The molecule has 2 unspecified atom stereocenters. The number of hydrogen-bond donors (Lipinski definition) is 1. The number of alkyl halides is 3. The van der Waals surface area contributed by atoms with Gasteiger partial charge in [0.15, 0.2) is 0 Å². The third-order valence-corrected chi connectivity index (χ3v) is 4.65. The zero-order chi connectivity index (χ0) is 15.5. The standard InChI is InChI=1S/C15H25F3N2O/c1-2-12-14(21)20(10-6-5-9-15(16,17)18)13(19-12)11-7-3-4-8-11/h11-13,19H,2-10H2,1H3. The van der Waals surface area contributed by atoms with E-state index in [1.54, 1.807) is 4.90 Å². The molecule has 2 fully saturated rings. The quantitative estimate of drug-likeness (QED) is 0.762. The third-order valence-electron chi connectivity index (χ3n) is 4.65. The molecular formula is C15H25F3N2O. The molecule has 1 N–H and O–H groups in total. The molecule has 21 heavy (non-hydrogen) atoms. The predicted molar refractivity (Wildman–Crippen MR) is 74.6 cm³/mol. The average Bonchev–Trinajstić information content (AvgIpc) is 3.02. The molecule has 6 heteroatoms. The van der Waals surface area contributed by atoms with E-state index in [2.05, 4.69) is 5.32 Å². The van der Waals surface area contributed by atoms with Crippen molar-refractivity contribution in [2.75, 3.05) is 6.54 Å². The van der Waals surface area contributed by atoms with Gasteiger partial charge in [0.05, 0.1) is 12.2 Å². The first-order chi connectivity index (χ1) is 9.92. The van der Waals surface area contributed by atoms with E-state index in [0.29, 0.717) is 18.9 Å². The second-order valence-corrected chi connectivity index (χ2v) is 6.22. The molecule has 1 amide bonds. The zero-order valence-corrected chi connectivity index (χ0v) is 12.6. The predicted octanol–water partition coefficient (Wildman–Crippen LogP) is 3.45. The van der Waals surface area contributed by atoms with Gasteiger partial charge in [-0.25, -0.2) is 0 Å². The largest absolute Gasteiger partial charge is 0.389 e. The van der Waals surface area contributed by atoms with E-state index in [1.807, 2.05) is 6.92 Å². The van der Waals surface area contributed by atoms with E-state index in [-0.39, 0.29) is 24.5 Å². The average molecular weight is 306 g/mol. The minimum atomic E-state index is -4.09. The maximum atomic E-state index is 12.3. The zero-order valence-electron chi connectivity index (χ0n) is 12.6. The number of amides is 1. The van der Waals surface area contributed by atoms with Gasteiger partial charge in [-0.3, -0.25) is 10.1 Å². The van der Waals surface area contributed by atoms with Crippen molar-refractivity contribution >= 4 is 5.91 Å². The molecule has 3 nitrogen and oxygen atoms in total. The summed E-state index contributed by atoms with van der Waals surface area (Å²) in [5.41, 5.74) is 0. The summed E-state index contributed by atoms with van der Waals surface area (Å²) in [6.07, 6.45) is 1.05. The molecule has 1 saturated carbocycles. The summed E-state index contributed by atoms with van der Waals surface area (Å²) in [5.74, 6) is 0.537. The lowest BCUT2D eigenvalue weighted by atomic mass is 10.0. The molecule has 1 saturated heterocycles. The van der Waals surface area contributed by atoms with E-state index < -0.39 is 12.6 Å². The molecule has 2 rings (SSSR count). The Kier molecular flexibility index (Phi) is 5.52. The first kappa shape index (κ1) is 16.6. The minimum Gasteiger partial charge on any atom is -0.326 e. The molecule has 0 aromatic heterocycles. The molecule has 0 spiro atoms. The van der Waals surface area contributed by atoms with Gasteiger partial charge in [0.25, 0.3) is 0 Å². The lowest BCUT2D eigenvalue weighted by Crippen LogP contribution is -2.43. The highest BCUT2D eigenvalue weighted by Crippen LogP contribution is 2.32. The number of rotatable bonds is 6. The molecule has 122 valence electrons. The van der Waals surface area contributed by atoms with Gasteiger partial charge < -0.3 is 4.90 Å². The second kappa shape index (κ2) is 6.99. The van der Waals surface area contributed by atoms with Crippen LogP contribution in [-0.4, -0.2) is 35.7 Å². The lowest BCUT2D eigenvalue weighted by Gasteiger charge is -2.29. The van der Waals surface area contributed by atoms with Crippen LogP contribution in [-0.2, 0) is 4.79 Å². The van der Waals surface area contributed by atoms with Gasteiger partial charge in [-0.1, -0.05) is 19.8 Å². The van der Waals surface area contributed by atoms with Gasteiger partial charge in [-0.05, 0) is 38.0 Å². The Morgan fingerprint density at radius 2 is 1.90 bits per heavy atom. The number of carbonyl (C=O) groups is 1. The summed E-state index contributed by atoms with van der Waals surface area (Å²) in [5, 5.41) is 3.39. The molecule has 0 aromatic carbocycles. The third kappa shape index (κ3) is 4.34. The molecule has 2 atom stereocenters. The Morgan fingerprint density at radius 3 is 2.48 bits per heavy atom. The SMILES string of the molecule is CCC1NC(C2CCCC2)N(CCCCC(F)(F)F)C1=O. The number of carbonyl (C=O) groups excluding carboxylic acids is 1. The van der Waals surface area contributed by atoms with Crippen LogP contribution in [0.15, 0.2) is 0 Å². The highest BCUT2D eigenvalue weighted by atomic mass is 19.4. The van der Waals surface area contributed by atoms with Gasteiger partial charge in [0.2, 0.25) is 5.91 Å². The van der Waals surface area contributed by atoms with Crippen LogP contribution in [0.25, 0.3) is 0 Å². The molecule has 1 aliphatic heterocycles. The van der Waals surface area contributed by atoms with Crippen molar-refractivity contribution in [3.8, 4) is 0 Å². The van der Waals surface area contributed by atoms with Gasteiger partial charge in [-0.2, -0.15) is 13.2 Å². The summed E-state index contributed by atoms with van der Waals surface area (Å²) < 4.78 is 36.5. The van der Waals surface area contributed by atoms with Crippen molar-refractivity contribution in [1.82, 2.24) is 10.2 Å². The molecule has 1 aliphatic carbocycles. The Labute approximate surface area is 124 Å². The van der Waals surface area contributed by atoms with Gasteiger partial charge in [-0.15, -0.1) is 0 Å². The van der Waals surface area contributed by atoms with Crippen LogP contribution < -0.4 is 5.32 Å². The van der Waals surface area contributed by atoms with Crippen LogP contribution >= 0.6 is 0 Å². The van der Waals surface area contributed by atoms with Crippen molar-refractivity contribution in [2.45, 2.75) is 76.7 Å². The highest BCUT2D eigenvalue weighted by molar-refractivity contribution is 5.84. The van der Waals surface area contributed by atoms with Crippen molar-refractivity contribution in [3.05, 3.63) is 0 Å². The van der Waals surface area contributed by atoms with Crippen LogP contribution in [0.4, 0.5) is 13.2 Å². The molecule has 1 heterocycles. The fourth-order valence-electron chi connectivity index (χ4n) is 3.52. The summed E-state index contributed by atoms with van der Waals surface area (Å²) in [6.45, 7) is 2.41. The fourth-order valence-corrected chi connectivity index (χ4v) is 3.52. The van der Waals surface area contributed by atoms with E-state index in [4.69, 9.17) is 0 Å². The van der Waals surface area contributed by atoms with Crippen molar-refractivity contribution < 1.29 is 18.0 Å². The van der Waals surface area contributed by atoms with Crippen LogP contribution in [0.2, 0.25) is 0 Å². The molecule has 2 aliphatic rings. The Balaban J connectivity index is 1.88. The van der Waals surface area contributed by atoms with Crippen LogP contribution in [0.3, 0.4) is 0 Å². The lowest BCUT2D eigenvalue weighted by molar-refractivity contribution is -0.136. The highest BCUT2D eigenvalue weighted by Gasteiger charge is 2.42. The van der Waals surface area contributed by atoms with E-state index in [0.717, 1.165) is 19.3 Å². The Morgan fingerprint density at radius 1 is 1.24 bits per heavy atom. The normalized spacial score (nSPS) is 27.8. The fraction of sp³-hybridized carbons (Fsp3) is 0.933. The van der Waals surface area contributed by atoms with E-state index >= 15 is 0 Å². The number of nitrogens with one attached hydrogen (secondary N) is 1. The van der Waals surface area contributed by atoms with Gasteiger partial charge in [0, 0.05) is 13.0 Å². The van der Waals surface area contributed by atoms with Crippen molar-refractivity contribution in [2.24, 2.45) is 5.92 Å². The van der Waals surface area contributed by atoms with Gasteiger partial charge in [0.1, 0.15) is 0 Å². The topological polar surface area (TPSA) is 32.3 Å². The molecule has 0 aromatic rings. The number of nitrogens with zero attached hydrogens (tertiary/aromatic N) is 1. The Hall–Kier alpha value is -0.780. The minimum absolute atomic E-state index is 0.0378. The van der Waals surface area contributed by atoms with E-state index in [1.165, 1.54) is 12.8 Å². The molecular weight excluding hydrogens is 281 g/mol.